The Labute approximate surface area is 149 Å². The molecule has 0 aromatic carbocycles. The van der Waals surface area contributed by atoms with Crippen LogP contribution in [0.25, 0.3) is 0 Å². The number of carboxylic acid groups (broad SMARTS) is 1. The zero-order chi connectivity index (χ0) is 20.4. The Morgan fingerprint density at radius 2 is 1.77 bits per heavy atom. The van der Waals surface area contributed by atoms with Gasteiger partial charge in [-0.25, -0.2) is 14.6 Å². The van der Waals surface area contributed by atoms with Crippen LogP contribution in [0, 0.1) is 0 Å². The number of amides is 4. The minimum absolute atomic E-state index is 0.0842. The lowest BCUT2D eigenvalue weighted by Gasteiger charge is -2.25. The average molecular weight is 378 g/mol. The Bertz CT molecular complexity index is 515. The van der Waals surface area contributed by atoms with Crippen molar-refractivity contribution in [3.05, 3.63) is 0 Å². The molecular weight excluding hydrogens is 352 g/mol. The van der Waals surface area contributed by atoms with Gasteiger partial charge in [-0.05, 0) is 6.92 Å². The number of carbonyl (C=O) groups excluding carboxylic acids is 3. The molecule has 0 aliphatic carbocycles. The number of aliphatic hydroxyl groups is 2. The molecule has 0 heterocycles. The molecule has 0 aromatic rings. The highest BCUT2D eigenvalue weighted by molar-refractivity contribution is 5.92. The Balaban J connectivity index is 4.92. The molecule has 0 radical (unpaired) electrons. The van der Waals surface area contributed by atoms with Crippen LogP contribution in [0.1, 0.15) is 13.3 Å². The quantitative estimate of drug-likeness (QED) is 0.162. The van der Waals surface area contributed by atoms with Gasteiger partial charge < -0.3 is 37.4 Å². The van der Waals surface area contributed by atoms with Crippen molar-refractivity contribution in [2.24, 2.45) is 11.5 Å². The van der Waals surface area contributed by atoms with Gasteiger partial charge in [-0.3, -0.25) is 15.0 Å². The van der Waals surface area contributed by atoms with E-state index < -0.39 is 54.5 Å². The first-order valence-corrected chi connectivity index (χ1v) is 7.62. The molecule has 0 aliphatic heterocycles. The Morgan fingerprint density at radius 1 is 1.19 bits per heavy atom. The molecule has 0 bridgehead atoms. The topological polar surface area (TPSA) is 220 Å². The Hall–Kier alpha value is -2.48. The maximum absolute atomic E-state index is 12.2. The number of nitrogens with one attached hydrogen (secondary N) is 3. The molecule has 0 aromatic heterocycles. The van der Waals surface area contributed by atoms with Crippen molar-refractivity contribution in [1.82, 2.24) is 21.1 Å². The summed E-state index contributed by atoms with van der Waals surface area (Å²) in [7, 11) is 1.45. The number of urea groups is 1. The fraction of sp³-hybridized carbons (Fsp3) is 0.692. The molecule has 4 atom stereocenters. The molecule has 0 rings (SSSR count). The monoisotopic (exact) mass is 378 g/mol. The van der Waals surface area contributed by atoms with Crippen LogP contribution in [0.15, 0.2) is 0 Å². The summed E-state index contributed by atoms with van der Waals surface area (Å²) in [5.41, 5.74) is 12.9. The lowest BCUT2D eigenvalue weighted by atomic mass is 10.1. The lowest BCUT2D eigenvalue weighted by Crippen LogP contribution is -2.58. The third-order valence-corrected chi connectivity index (χ3v) is 3.11. The van der Waals surface area contributed by atoms with E-state index in [2.05, 4.69) is 10.7 Å². The predicted octanol–water partition coefficient (Wildman–Crippen LogP) is -4.35. The number of primary amides is 1. The highest BCUT2D eigenvalue weighted by Gasteiger charge is 2.28. The summed E-state index contributed by atoms with van der Waals surface area (Å²) in [6.45, 7) is 0.925. The van der Waals surface area contributed by atoms with E-state index in [1.165, 1.54) is 12.1 Å². The van der Waals surface area contributed by atoms with E-state index in [0.29, 0.717) is 0 Å². The third kappa shape index (κ3) is 9.12. The summed E-state index contributed by atoms with van der Waals surface area (Å²) >= 11 is 0. The highest BCUT2D eigenvalue weighted by Crippen LogP contribution is 1.97. The van der Waals surface area contributed by atoms with Gasteiger partial charge in [0.05, 0.1) is 19.1 Å². The predicted molar refractivity (Wildman–Crippen MR) is 88.2 cm³/mol. The molecule has 0 saturated carbocycles. The molecule has 4 amide bonds. The van der Waals surface area contributed by atoms with Gasteiger partial charge in [-0.15, -0.1) is 0 Å². The van der Waals surface area contributed by atoms with Crippen molar-refractivity contribution in [2.75, 3.05) is 20.2 Å². The van der Waals surface area contributed by atoms with E-state index in [1.807, 2.05) is 5.32 Å². The van der Waals surface area contributed by atoms with Crippen molar-refractivity contribution >= 4 is 23.8 Å². The number of hydrogen-bond donors (Lipinski definition) is 8. The molecule has 10 N–H and O–H groups in total. The first-order valence-electron chi connectivity index (χ1n) is 7.62. The molecule has 0 saturated heterocycles. The number of aliphatic hydroxyl groups excluding tert-OH is 2. The van der Waals surface area contributed by atoms with Crippen LogP contribution in [0.2, 0.25) is 0 Å². The molecule has 0 spiro atoms. The Kier molecular flexibility index (Phi) is 10.1. The molecule has 26 heavy (non-hydrogen) atoms. The number of rotatable bonds is 11. The minimum atomic E-state index is -1.61. The van der Waals surface area contributed by atoms with Crippen molar-refractivity contribution in [1.29, 1.82) is 0 Å². The van der Waals surface area contributed by atoms with E-state index in [0.717, 1.165) is 6.92 Å². The summed E-state index contributed by atoms with van der Waals surface area (Å²) in [5, 5.41) is 32.5. The molecule has 0 aliphatic rings. The van der Waals surface area contributed by atoms with E-state index >= 15 is 0 Å². The van der Waals surface area contributed by atoms with Gasteiger partial charge in [0, 0.05) is 19.6 Å². The van der Waals surface area contributed by atoms with E-state index in [1.54, 1.807) is 0 Å². The number of nitrogens with two attached hydrogens (primary N) is 2. The van der Waals surface area contributed by atoms with Crippen LogP contribution in [-0.4, -0.2) is 88.6 Å². The summed E-state index contributed by atoms with van der Waals surface area (Å²) in [4.78, 5) is 46.1. The van der Waals surface area contributed by atoms with Crippen LogP contribution < -0.4 is 27.5 Å². The number of nitrogens with zero attached hydrogens (tertiary/aromatic N) is 1. The van der Waals surface area contributed by atoms with Gasteiger partial charge in [0.25, 0.3) is 5.91 Å². The second-order valence-corrected chi connectivity index (χ2v) is 5.70. The molecule has 13 heteroatoms. The fourth-order valence-electron chi connectivity index (χ4n) is 1.86. The number of carboxylic acids is 1. The molecule has 1 unspecified atom stereocenters. The highest BCUT2D eigenvalue weighted by atomic mass is 16.4. The van der Waals surface area contributed by atoms with Gasteiger partial charge in [-0.2, -0.15) is 0 Å². The molecule has 13 nitrogen and oxygen atoms in total. The Morgan fingerprint density at radius 3 is 2.19 bits per heavy atom. The zero-order valence-corrected chi connectivity index (χ0v) is 14.5. The maximum atomic E-state index is 12.2. The van der Waals surface area contributed by atoms with E-state index in [9.17, 15) is 24.3 Å². The van der Waals surface area contributed by atoms with Gasteiger partial charge in [0.2, 0.25) is 5.91 Å². The summed E-state index contributed by atoms with van der Waals surface area (Å²) < 4.78 is 0. The number of carbonyl (C=O) groups is 4. The molecule has 150 valence electrons. The second kappa shape index (κ2) is 11.2. The standard InChI is InChI=1S/C13H26N6O7/c1-6(21)10(12(24)25)17-13(26)16-8(3-9(15)22)11(23)18-19(2)4-7(14)5-20/h6-8,10,20-21H,3-5,14H2,1-2H3,(H2,15,22)(H,18,23)(H,24,25)(H2,16,17,26)/t6?,7-,8+,10+/m1/s1. The third-order valence-electron chi connectivity index (χ3n) is 3.11. The summed E-state index contributed by atoms with van der Waals surface area (Å²) in [6.07, 6.45) is -1.95. The van der Waals surface area contributed by atoms with Crippen LogP contribution in [0.3, 0.4) is 0 Å². The smallest absolute Gasteiger partial charge is 0.328 e. The lowest BCUT2D eigenvalue weighted by molar-refractivity contribution is -0.141. The normalized spacial score (nSPS) is 15.5. The second-order valence-electron chi connectivity index (χ2n) is 5.70. The first-order chi connectivity index (χ1) is 12.0. The maximum Gasteiger partial charge on any atom is 0.328 e. The number of aliphatic carboxylic acids is 1. The summed E-state index contributed by atoms with van der Waals surface area (Å²) in [6, 6.07) is -4.73. The van der Waals surface area contributed by atoms with Crippen molar-refractivity contribution in [2.45, 2.75) is 37.6 Å². The largest absolute Gasteiger partial charge is 0.480 e. The number of hydrogen-bond acceptors (Lipinski definition) is 8. The van der Waals surface area contributed by atoms with E-state index in [-0.39, 0.29) is 13.2 Å². The minimum Gasteiger partial charge on any atom is -0.480 e. The molecule has 0 fully saturated rings. The van der Waals surface area contributed by atoms with Crippen LogP contribution in [-0.2, 0) is 14.4 Å². The van der Waals surface area contributed by atoms with Gasteiger partial charge in [0.1, 0.15) is 6.04 Å². The van der Waals surface area contributed by atoms with Crippen LogP contribution >= 0.6 is 0 Å². The average Bonchev–Trinajstić information content (AvgIpc) is 2.50. The first kappa shape index (κ1) is 23.5. The zero-order valence-electron chi connectivity index (χ0n) is 14.5. The van der Waals surface area contributed by atoms with Gasteiger partial charge in [-0.1, -0.05) is 0 Å². The van der Waals surface area contributed by atoms with Crippen LogP contribution in [0.4, 0.5) is 4.79 Å². The van der Waals surface area contributed by atoms with Gasteiger partial charge in [0.15, 0.2) is 6.04 Å². The number of likely N-dealkylation sites (N-methyl/N-ethyl adjacent to an activating group) is 1. The fourth-order valence-corrected chi connectivity index (χ4v) is 1.86. The van der Waals surface area contributed by atoms with Crippen molar-refractivity contribution in [3.8, 4) is 0 Å². The van der Waals surface area contributed by atoms with E-state index in [4.69, 9.17) is 21.7 Å². The van der Waals surface area contributed by atoms with Crippen molar-refractivity contribution in [3.63, 3.8) is 0 Å². The summed E-state index contributed by atoms with van der Waals surface area (Å²) in [5.74, 6) is -3.18. The SMILES string of the molecule is CC(O)[C@H](NC(=O)N[C@@H](CC(N)=O)C(=O)NN(C)C[C@@H](N)CO)C(=O)O. The number of hydrazine groups is 1. The molecular formula is C13H26N6O7. The van der Waals surface area contributed by atoms with Crippen LogP contribution in [0.5, 0.6) is 0 Å². The van der Waals surface area contributed by atoms with Crippen molar-refractivity contribution < 1.29 is 34.5 Å². The van der Waals surface area contributed by atoms with Gasteiger partial charge >= 0.3 is 12.0 Å².